The zero-order valence-corrected chi connectivity index (χ0v) is 8.47. The molecule has 5 nitrogen and oxygen atoms in total. The minimum absolute atomic E-state index is 0.256. The fourth-order valence-corrected chi connectivity index (χ4v) is 1.19. The van der Waals surface area contributed by atoms with Gasteiger partial charge in [0, 0.05) is 5.56 Å². The molecule has 2 rings (SSSR count). The van der Waals surface area contributed by atoms with E-state index in [4.69, 9.17) is 0 Å². The smallest absolute Gasteiger partial charge is 0.203 e. The van der Waals surface area contributed by atoms with Crippen molar-refractivity contribution in [3.63, 3.8) is 0 Å². The molecule has 0 atom stereocenters. The Labute approximate surface area is 86.8 Å². The molecule has 0 amide bonds. The van der Waals surface area contributed by atoms with Crippen LogP contribution in [0.25, 0.3) is 11.4 Å². The average molecular weight is 202 g/mol. The lowest BCUT2D eigenvalue weighted by atomic mass is 10.1. The predicted molar refractivity (Wildman–Crippen MR) is 54.2 cm³/mol. The molecule has 0 aliphatic heterocycles. The Balaban J connectivity index is 2.45. The molecule has 0 bridgehead atoms. The van der Waals surface area contributed by atoms with Crippen molar-refractivity contribution < 1.29 is 5.11 Å². The first-order valence-electron chi connectivity index (χ1n) is 4.51. The number of nitrogens with zero attached hydrogens (tertiary/aromatic N) is 4. The zero-order chi connectivity index (χ0) is 10.8. The van der Waals surface area contributed by atoms with Gasteiger partial charge in [0.25, 0.3) is 0 Å². The lowest BCUT2D eigenvalue weighted by Gasteiger charge is -2.01. The summed E-state index contributed by atoms with van der Waals surface area (Å²) in [5.74, 6) is 1.25. The van der Waals surface area contributed by atoms with Crippen LogP contribution in [-0.2, 0) is 0 Å². The van der Waals surface area contributed by atoms with Crippen LogP contribution in [-0.4, -0.2) is 25.5 Å². The van der Waals surface area contributed by atoms with Crippen LogP contribution in [0.2, 0.25) is 0 Å². The van der Waals surface area contributed by atoms with Gasteiger partial charge in [0.1, 0.15) is 5.75 Å². The van der Waals surface area contributed by atoms with E-state index in [1.165, 1.54) is 0 Å². The third kappa shape index (κ3) is 1.90. The van der Waals surface area contributed by atoms with Gasteiger partial charge in [-0.05, 0) is 37.6 Å². The highest BCUT2D eigenvalue weighted by atomic mass is 16.3. The van der Waals surface area contributed by atoms with Crippen molar-refractivity contribution in [2.45, 2.75) is 13.8 Å². The number of phenolic OH excluding ortho intramolecular Hbond substituents is 1. The van der Waals surface area contributed by atoms with Crippen molar-refractivity contribution in [3.8, 4) is 17.1 Å². The highest BCUT2D eigenvalue weighted by Crippen LogP contribution is 2.21. The summed E-state index contributed by atoms with van der Waals surface area (Å²) in [6.45, 7) is 3.54. The van der Waals surface area contributed by atoms with Crippen LogP contribution in [0.4, 0.5) is 0 Å². The number of phenols is 1. The third-order valence-corrected chi connectivity index (χ3v) is 2.03. The Morgan fingerprint density at radius 2 is 1.67 bits per heavy atom. The predicted octanol–water partition coefficient (Wildman–Crippen LogP) is 1.26. The second-order valence-electron chi connectivity index (χ2n) is 3.27. The average Bonchev–Trinajstić information content (AvgIpc) is 2.23. The van der Waals surface area contributed by atoms with Crippen LogP contribution in [0.1, 0.15) is 11.4 Å². The van der Waals surface area contributed by atoms with Gasteiger partial charge in [-0.1, -0.05) is 0 Å². The van der Waals surface area contributed by atoms with Gasteiger partial charge in [0.15, 0.2) is 5.82 Å². The van der Waals surface area contributed by atoms with Gasteiger partial charge >= 0.3 is 0 Å². The summed E-state index contributed by atoms with van der Waals surface area (Å²) in [4.78, 5) is 0. The highest BCUT2D eigenvalue weighted by Gasteiger charge is 2.04. The van der Waals surface area contributed by atoms with E-state index in [-0.39, 0.29) is 5.75 Å². The Morgan fingerprint density at radius 3 is 2.27 bits per heavy atom. The third-order valence-electron chi connectivity index (χ3n) is 2.03. The molecule has 0 fully saturated rings. The van der Waals surface area contributed by atoms with Crippen molar-refractivity contribution in [2.24, 2.45) is 0 Å². The Hall–Kier alpha value is -2.04. The molecule has 0 spiro atoms. The maximum atomic E-state index is 9.36. The normalized spacial score (nSPS) is 10.3. The van der Waals surface area contributed by atoms with Crippen molar-refractivity contribution >= 4 is 0 Å². The molecule has 0 radical (unpaired) electrons. The summed E-state index contributed by atoms with van der Waals surface area (Å²) in [6.07, 6.45) is 0. The quantitative estimate of drug-likeness (QED) is 0.753. The summed E-state index contributed by atoms with van der Waals surface area (Å²) < 4.78 is 0. The van der Waals surface area contributed by atoms with Crippen LogP contribution in [0.5, 0.6) is 5.75 Å². The largest absolute Gasteiger partial charge is 0.508 e. The van der Waals surface area contributed by atoms with Gasteiger partial charge < -0.3 is 5.11 Å². The van der Waals surface area contributed by atoms with Crippen molar-refractivity contribution in [3.05, 3.63) is 29.6 Å². The monoisotopic (exact) mass is 202 g/mol. The van der Waals surface area contributed by atoms with E-state index in [0.717, 1.165) is 11.1 Å². The topological polar surface area (TPSA) is 71.8 Å². The van der Waals surface area contributed by atoms with E-state index in [9.17, 15) is 5.11 Å². The number of aromatic hydroxyl groups is 1. The van der Waals surface area contributed by atoms with Crippen LogP contribution >= 0.6 is 0 Å². The van der Waals surface area contributed by atoms with Gasteiger partial charge in [-0.25, -0.2) is 0 Å². The molecular weight excluding hydrogens is 192 g/mol. The lowest BCUT2D eigenvalue weighted by molar-refractivity contribution is 0.471. The maximum absolute atomic E-state index is 9.36. The molecule has 0 unspecified atom stereocenters. The number of benzene rings is 1. The molecule has 0 aliphatic rings. The van der Waals surface area contributed by atoms with Crippen molar-refractivity contribution in [2.75, 3.05) is 0 Å². The minimum Gasteiger partial charge on any atom is -0.508 e. The summed E-state index contributed by atoms with van der Waals surface area (Å²) >= 11 is 0. The molecule has 1 aromatic heterocycles. The summed E-state index contributed by atoms with van der Waals surface area (Å²) in [5, 5.41) is 24.8. The highest BCUT2D eigenvalue weighted by molar-refractivity contribution is 5.57. The first-order chi connectivity index (χ1) is 7.16. The minimum atomic E-state index is 0.256. The summed E-state index contributed by atoms with van der Waals surface area (Å²) in [5.41, 5.74) is 1.57. The van der Waals surface area contributed by atoms with E-state index >= 15 is 0 Å². The van der Waals surface area contributed by atoms with E-state index < -0.39 is 0 Å². The number of hydrogen-bond donors (Lipinski definition) is 1. The number of aryl methyl sites for hydroxylation is 2. The molecule has 15 heavy (non-hydrogen) atoms. The lowest BCUT2D eigenvalue weighted by Crippen LogP contribution is -1.98. The molecule has 0 saturated carbocycles. The Morgan fingerprint density at radius 1 is 1.00 bits per heavy atom. The van der Waals surface area contributed by atoms with Gasteiger partial charge in [0.2, 0.25) is 5.82 Å². The van der Waals surface area contributed by atoms with E-state index in [1.807, 2.05) is 6.92 Å². The SMILES string of the molecule is Cc1nnc(-c2ccc(O)c(C)c2)nn1. The van der Waals surface area contributed by atoms with Gasteiger partial charge in [-0.3, -0.25) is 0 Å². The second-order valence-corrected chi connectivity index (χ2v) is 3.27. The van der Waals surface area contributed by atoms with Crippen LogP contribution < -0.4 is 0 Å². The molecule has 0 saturated heterocycles. The Kier molecular flexibility index (Phi) is 2.29. The summed E-state index contributed by atoms with van der Waals surface area (Å²) in [7, 11) is 0. The molecular formula is C10H10N4O. The fraction of sp³-hybridized carbons (Fsp3) is 0.200. The van der Waals surface area contributed by atoms with Gasteiger partial charge in [-0.15, -0.1) is 20.4 Å². The maximum Gasteiger partial charge on any atom is 0.203 e. The summed E-state index contributed by atoms with van der Waals surface area (Å²) in [6, 6.07) is 5.13. The molecule has 5 heteroatoms. The fourth-order valence-electron chi connectivity index (χ4n) is 1.19. The molecule has 1 heterocycles. The van der Waals surface area contributed by atoms with Gasteiger partial charge in [0.05, 0.1) is 0 Å². The van der Waals surface area contributed by atoms with Crippen molar-refractivity contribution in [1.29, 1.82) is 0 Å². The van der Waals surface area contributed by atoms with Gasteiger partial charge in [-0.2, -0.15) is 0 Å². The van der Waals surface area contributed by atoms with Crippen LogP contribution in [0, 0.1) is 13.8 Å². The van der Waals surface area contributed by atoms with Crippen molar-refractivity contribution in [1.82, 2.24) is 20.4 Å². The van der Waals surface area contributed by atoms with Crippen LogP contribution in [0.15, 0.2) is 18.2 Å². The molecule has 1 N–H and O–H groups in total. The first-order valence-corrected chi connectivity index (χ1v) is 4.51. The number of rotatable bonds is 1. The second kappa shape index (κ2) is 3.61. The van der Waals surface area contributed by atoms with Crippen LogP contribution in [0.3, 0.4) is 0 Å². The van der Waals surface area contributed by atoms with E-state index in [0.29, 0.717) is 11.6 Å². The zero-order valence-electron chi connectivity index (χ0n) is 8.47. The van der Waals surface area contributed by atoms with E-state index in [2.05, 4.69) is 20.4 Å². The number of aromatic nitrogens is 4. The Bertz CT molecular complexity index is 481. The molecule has 2 aromatic rings. The molecule has 1 aromatic carbocycles. The number of hydrogen-bond acceptors (Lipinski definition) is 5. The van der Waals surface area contributed by atoms with E-state index in [1.54, 1.807) is 25.1 Å². The first kappa shape index (κ1) is 9.51. The molecule has 76 valence electrons. The molecule has 0 aliphatic carbocycles. The standard InChI is InChI=1S/C10H10N4O/c1-6-5-8(3-4-9(6)15)10-13-11-7(2)12-14-10/h3-5,15H,1-2H3.